The number of aliphatic carboxylic acids is 1. The molecule has 2 heterocycles. The molecule has 1 aromatic heterocycles. The molecule has 0 radical (unpaired) electrons. The fourth-order valence-corrected chi connectivity index (χ4v) is 5.76. The lowest BCUT2D eigenvalue weighted by Gasteiger charge is -2.29. The molecule has 2 aromatic rings. The third-order valence-electron chi connectivity index (χ3n) is 4.32. The Hall–Kier alpha value is -1.96. The first kappa shape index (κ1) is 17.8. The van der Waals surface area contributed by atoms with Crippen molar-refractivity contribution in [3.63, 3.8) is 0 Å². The van der Waals surface area contributed by atoms with Gasteiger partial charge < -0.3 is 5.11 Å². The lowest BCUT2D eigenvalue weighted by Crippen LogP contribution is -2.38. The summed E-state index contributed by atoms with van der Waals surface area (Å²) in [6, 6.07) is 8.93. The van der Waals surface area contributed by atoms with Gasteiger partial charge in [-0.3, -0.25) is 0 Å². The molecule has 0 bridgehead atoms. The maximum absolute atomic E-state index is 13.3. The summed E-state index contributed by atoms with van der Waals surface area (Å²) in [6.45, 7) is 3.74. The van der Waals surface area contributed by atoms with Gasteiger partial charge in [-0.05, 0) is 36.9 Å². The second-order valence-corrected chi connectivity index (χ2v) is 8.79. The Kier molecular flexibility index (Phi) is 4.81. The predicted octanol–water partition coefficient (Wildman–Crippen LogP) is 3.59. The maximum atomic E-state index is 13.3. The summed E-state index contributed by atoms with van der Waals surface area (Å²) < 4.78 is 27.9. The molecule has 0 saturated heterocycles. The zero-order valence-electron chi connectivity index (χ0n) is 13.9. The Morgan fingerprint density at radius 1 is 1.24 bits per heavy atom. The molecule has 132 valence electrons. The van der Waals surface area contributed by atoms with E-state index in [1.54, 1.807) is 42.5 Å². The second-order valence-electron chi connectivity index (χ2n) is 5.97. The molecular weight excluding hydrogens is 358 g/mol. The van der Waals surface area contributed by atoms with Gasteiger partial charge in [0.2, 0.25) is 10.0 Å². The van der Waals surface area contributed by atoms with Gasteiger partial charge in [0.1, 0.15) is 0 Å². The van der Waals surface area contributed by atoms with Gasteiger partial charge in [0.25, 0.3) is 0 Å². The Morgan fingerprint density at radius 2 is 1.92 bits per heavy atom. The quantitative estimate of drug-likeness (QED) is 0.864. The summed E-state index contributed by atoms with van der Waals surface area (Å²) in [5, 5.41) is 11.4. The van der Waals surface area contributed by atoms with Gasteiger partial charge in [0.15, 0.2) is 0 Å². The minimum absolute atomic E-state index is 0.116. The zero-order valence-corrected chi connectivity index (χ0v) is 15.5. The van der Waals surface area contributed by atoms with Crippen LogP contribution in [-0.4, -0.2) is 29.8 Å². The lowest BCUT2D eigenvalue weighted by molar-refractivity contribution is -0.133. The molecule has 0 fully saturated rings. The van der Waals surface area contributed by atoms with Crippen molar-refractivity contribution in [1.82, 2.24) is 4.31 Å². The van der Waals surface area contributed by atoms with E-state index >= 15 is 0 Å². The fraction of sp³-hybridized carbons (Fsp3) is 0.278. The highest BCUT2D eigenvalue weighted by Crippen LogP contribution is 2.43. The van der Waals surface area contributed by atoms with Crippen LogP contribution in [0.25, 0.3) is 0 Å². The Balaban J connectivity index is 2.14. The smallest absolute Gasteiger partial charge is 0.333 e. The molecular formula is C18H19NO4S2. The third-order valence-corrected chi connectivity index (χ3v) is 7.15. The van der Waals surface area contributed by atoms with Crippen LogP contribution in [0.1, 0.15) is 29.8 Å². The van der Waals surface area contributed by atoms with E-state index in [-0.39, 0.29) is 10.5 Å². The van der Waals surface area contributed by atoms with E-state index in [1.807, 2.05) is 19.2 Å². The van der Waals surface area contributed by atoms with Crippen molar-refractivity contribution in [3.8, 4) is 0 Å². The highest BCUT2D eigenvalue weighted by atomic mass is 32.2. The number of carboxylic acids is 1. The van der Waals surface area contributed by atoms with Gasteiger partial charge in [0.05, 0.1) is 16.5 Å². The summed E-state index contributed by atoms with van der Waals surface area (Å²) in [6.07, 6.45) is 2.07. The summed E-state index contributed by atoms with van der Waals surface area (Å²) in [4.78, 5) is 12.6. The average Bonchev–Trinajstić information content (AvgIpc) is 3.22. The Bertz CT molecular complexity index is 899. The zero-order chi connectivity index (χ0) is 18.2. The number of aryl methyl sites for hydroxylation is 1. The van der Waals surface area contributed by atoms with E-state index < -0.39 is 28.1 Å². The van der Waals surface area contributed by atoms with Crippen molar-refractivity contribution in [1.29, 1.82) is 0 Å². The number of sulfonamides is 1. The van der Waals surface area contributed by atoms with E-state index in [0.717, 1.165) is 5.56 Å². The molecule has 1 aliphatic rings. The first-order chi connectivity index (χ1) is 11.9. The van der Waals surface area contributed by atoms with Crippen LogP contribution in [0.4, 0.5) is 0 Å². The summed E-state index contributed by atoms with van der Waals surface area (Å²) in [7, 11) is -3.83. The number of hydrogen-bond acceptors (Lipinski definition) is 4. The lowest BCUT2D eigenvalue weighted by atomic mass is 10.1. The minimum Gasteiger partial charge on any atom is -0.478 e. The van der Waals surface area contributed by atoms with Gasteiger partial charge in [0, 0.05) is 10.9 Å². The standard InChI is InChI=1S/C18H19NO4S2/c1-3-13-11-15(18(20)21)17(16-5-4-10-24-16)19(13)25(22,23)14-8-6-12(2)7-9-14/h4-11,13,17H,3H2,1-2H3,(H,20,21)/t13-,17-/m0/s1. The predicted molar refractivity (Wildman–Crippen MR) is 97.1 cm³/mol. The van der Waals surface area contributed by atoms with Gasteiger partial charge in [-0.25, -0.2) is 13.2 Å². The molecule has 0 unspecified atom stereocenters. The van der Waals surface area contributed by atoms with Crippen LogP contribution in [0.5, 0.6) is 0 Å². The van der Waals surface area contributed by atoms with Crippen LogP contribution in [0.3, 0.4) is 0 Å². The summed E-state index contributed by atoms with van der Waals surface area (Å²) in [5.74, 6) is -1.08. The van der Waals surface area contributed by atoms with Crippen LogP contribution < -0.4 is 0 Å². The van der Waals surface area contributed by atoms with Crippen LogP contribution in [-0.2, 0) is 14.8 Å². The first-order valence-electron chi connectivity index (χ1n) is 7.95. The van der Waals surface area contributed by atoms with Crippen molar-refractivity contribution in [2.75, 3.05) is 0 Å². The van der Waals surface area contributed by atoms with Crippen LogP contribution in [0, 0.1) is 6.92 Å². The van der Waals surface area contributed by atoms with Gasteiger partial charge in [-0.15, -0.1) is 11.3 Å². The van der Waals surface area contributed by atoms with E-state index in [0.29, 0.717) is 11.3 Å². The van der Waals surface area contributed by atoms with Crippen molar-refractivity contribution >= 4 is 27.3 Å². The second kappa shape index (κ2) is 6.74. The third kappa shape index (κ3) is 3.15. The van der Waals surface area contributed by atoms with Gasteiger partial charge in [-0.1, -0.05) is 36.8 Å². The summed E-state index contributed by atoms with van der Waals surface area (Å²) >= 11 is 1.36. The molecule has 0 aliphatic carbocycles. The molecule has 0 saturated carbocycles. The molecule has 1 aliphatic heterocycles. The van der Waals surface area contributed by atoms with E-state index in [1.165, 1.54) is 15.6 Å². The topological polar surface area (TPSA) is 74.7 Å². The van der Waals surface area contributed by atoms with Crippen LogP contribution in [0.2, 0.25) is 0 Å². The highest BCUT2D eigenvalue weighted by molar-refractivity contribution is 7.89. The SMILES string of the molecule is CC[C@H]1C=C(C(=O)O)[C@@H](c2cccs2)N1S(=O)(=O)c1ccc(C)cc1. The fourth-order valence-electron chi connectivity index (χ4n) is 3.06. The minimum atomic E-state index is -3.83. The van der Waals surface area contributed by atoms with Gasteiger partial charge in [-0.2, -0.15) is 4.31 Å². The Morgan fingerprint density at radius 3 is 2.44 bits per heavy atom. The van der Waals surface area contributed by atoms with Crippen molar-refractivity contribution < 1.29 is 18.3 Å². The molecule has 0 amide bonds. The number of carboxylic acid groups (broad SMARTS) is 1. The molecule has 2 atom stereocenters. The molecule has 5 nitrogen and oxygen atoms in total. The van der Waals surface area contributed by atoms with E-state index in [4.69, 9.17) is 0 Å². The van der Waals surface area contributed by atoms with Crippen molar-refractivity contribution in [2.45, 2.75) is 37.2 Å². The number of carbonyl (C=O) groups is 1. The van der Waals surface area contributed by atoms with Gasteiger partial charge >= 0.3 is 5.97 Å². The highest BCUT2D eigenvalue weighted by Gasteiger charge is 2.45. The van der Waals surface area contributed by atoms with Crippen molar-refractivity contribution in [3.05, 3.63) is 63.9 Å². The number of rotatable bonds is 5. The number of nitrogens with zero attached hydrogens (tertiary/aromatic N) is 1. The number of hydrogen-bond donors (Lipinski definition) is 1. The summed E-state index contributed by atoms with van der Waals surface area (Å²) in [5.41, 5.74) is 1.08. The molecule has 1 aromatic carbocycles. The maximum Gasteiger partial charge on any atom is 0.333 e. The van der Waals surface area contributed by atoms with E-state index in [9.17, 15) is 18.3 Å². The molecule has 25 heavy (non-hydrogen) atoms. The van der Waals surface area contributed by atoms with Crippen molar-refractivity contribution in [2.24, 2.45) is 0 Å². The average molecular weight is 377 g/mol. The number of thiophene rings is 1. The Labute approximate surface area is 151 Å². The molecule has 0 spiro atoms. The largest absolute Gasteiger partial charge is 0.478 e. The van der Waals surface area contributed by atoms with Crippen LogP contribution >= 0.6 is 11.3 Å². The first-order valence-corrected chi connectivity index (χ1v) is 10.3. The molecule has 3 rings (SSSR count). The van der Waals surface area contributed by atoms with E-state index in [2.05, 4.69) is 0 Å². The van der Waals surface area contributed by atoms with Crippen LogP contribution in [0.15, 0.2) is 58.3 Å². The number of benzene rings is 1. The molecule has 1 N–H and O–H groups in total. The normalized spacial score (nSPS) is 21.3. The molecule has 7 heteroatoms. The monoisotopic (exact) mass is 377 g/mol.